The van der Waals surface area contributed by atoms with Gasteiger partial charge < -0.3 is 15.0 Å². The summed E-state index contributed by atoms with van der Waals surface area (Å²) < 4.78 is 5.04. The predicted octanol–water partition coefficient (Wildman–Crippen LogP) is 1.83. The molecule has 0 bridgehead atoms. The summed E-state index contributed by atoms with van der Waals surface area (Å²) in [4.78, 5) is 36.1. The quantitative estimate of drug-likeness (QED) is 0.843. The van der Waals surface area contributed by atoms with Crippen LogP contribution in [0, 0.1) is 6.92 Å². The summed E-state index contributed by atoms with van der Waals surface area (Å²) in [7, 11) is 0. The Morgan fingerprint density at radius 1 is 1.40 bits per heavy atom. The Kier molecular flexibility index (Phi) is 3.91. The number of carbonyl (C=O) groups is 2. The third-order valence-corrected chi connectivity index (χ3v) is 5.47. The van der Waals surface area contributed by atoms with Gasteiger partial charge in [-0.15, -0.1) is 11.3 Å². The predicted molar refractivity (Wildman–Crippen MR) is 93.0 cm³/mol. The number of hydrogen-bond acceptors (Lipinski definition) is 7. The van der Waals surface area contributed by atoms with Crippen molar-refractivity contribution in [3.8, 4) is 0 Å². The Hall–Kier alpha value is -2.48. The average Bonchev–Trinajstić information content (AvgIpc) is 3.18. The van der Waals surface area contributed by atoms with Crippen LogP contribution in [0.2, 0.25) is 0 Å². The lowest BCUT2D eigenvalue weighted by Gasteiger charge is -2.28. The lowest BCUT2D eigenvalue weighted by atomic mass is 10.1. The van der Waals surface area contributed by atoms with E-state index in [-0.39, 0.29) is 11.9 Å². The number of nitrogens with zero attached hydrogens (tertiary/aromatic N) is 3. The number of ether oxygens (including phenoxy) is 1. The van der Waals surface area contributed by atoms with E-state index in [0.717, 1.165) is 40.6 Å². The molecule has 0 fully saturated rings. The lowest BCUT2D eigenvalue weighted by molar-refractivity contribution is 0.0525. The minimum absolute atomic E-state index is 0.0559. The molecule has 25 heavy (non-hydrogen) atoms. The second-order valence-corrected chi connectivity index (χ2v) is 7.17. The molecule has 1 N–H and O–H groups in total. The topological polar surface area (TPSA) is 84.4 Å². The summed E-state index contributed by atoms with van der Waals surface area (Å²) in [5.74, 6) is 0.483. The number of nitrogens with one attached hydrogen (secondary N) is 1. The zero-order valence-electron chi connectivity index (χ0n) is 14.1. The number of aryl methyl sites for hydroxylation is 1. The number of carbonyl (C=O) groups excluding carboxylic acids is 2. The number of esters is 1. The number of amides is 1. The summed E-state index contributed by atoms with van der Waals surface area (Å²) in [5, 5.41) is 3.23. The fourth-order valence-electron chi connectivity index (χ4n) is 3.21. The number of rotatable bonds is 3. The maximum Gasteiger partial charge on any atom is 0.367 e. The van der Waals surface area contributed by atoms with E-state index in [9.17, 15) is 9.59 Å². The van der Waals surface area contributed by atoms with E-state index in [0.29, 0.717) is 30.3 Å². The van der Waals surface area contributed by atoms with Crippen molar-refractivity contribution >= 4 is 29.0 Å². The first-order valence-electron chi connectivity index (χ1n) is 8.26. The number of anilines is 1. The van der Waals surface area contributed by atoms with Crippen LogP contribution in [-0.4, -0.2) is 35.0 Å². The van der Waals surface area contributed by atoms with Gasteiger partial charge in [0.2, 0.25) is 5.01 Å². The maximum absolute atomic E-state index is 11.9. The fourth-order valence-corrected chi connectivity index (χ4v) is 4.23. The van der Waals surface area contributed by atoms with Crippen LogP contribution in [0.4, 0.5) is 5.82 Å². The van der Waals surface area contributed by atoms with E-state index in [1.54, 1.807) is 6.92 Å². The average molecular weight is 358 g/mol. The van der Waals surface area contributed by atoms with E-state index >= 15 is 0 Å². The molecule has 130 valence electrons. The highest BCUT2D eigenvalue weighted by Crippen LogP contribution is 2.31. The van der Waals surface area contributed by atoms with Gasteiger partial charge in [0, 0.05) is 17.8 Å². The van der Waals surface area contributed by atoms with E-state index in [1.165, 1.54) is 11.3 Å². The highest BCUT2D eigenvalue weighted by atomic mass is 32.1. The van der Waals surface area contributed by atoms with Crippen LogP contribution in [0.5, 0.6) is 0 Å². The van der Waals surface area contributed by atoms with Gasteiger partial charge in [0.05, 0.1) is 36.6 Å². The Labute approximate surface area is 149 Å². The van der Waals surface area contributed by atoms with Gasteiger partial charge in [-0.1, -0.05) is 0 Å². The van der Waals surface area contributed by atoms with Crippen molar-refractivity contribution in [1.82, 2.24) is 15.3 Å². The van der Waals surface area contributed by atoms with Gasteiger partial charge in [0.15, 0.2) is 0 Å². The lowest BCUT2D eigenvalue weighted by Crippen LogP contribution is -2.31. The molecule has 2 aromatic rings. The van der Waals surface area contributed by atoms with Gasteiger partial charge in [0.1, 0.15) is 5.82 Å². The van der Waals surface area contributed by atoms with Crippen molar-refractivity contribution in [2.45, 2.75) is 33.4 Å². The Bertz CT molecular complexity index is 877. The molecule has 2 aromatic heterocycles. The van der Waals surface area contributed by atoms with E-state index in [4.69, 9.17) is 9.72 Å². The van der Waals surface area contributed by atoms with Crippen molar-refractivity contribution in [3.05, 3.63) is 38.5 Å². The molecule has 0 spiro atoms. The first-order valence-corrected chi connectivity index (χ1v) is 9.07. The largest absolute Gasteiger partial charge is 0.461 e. The van der Waals surface area contributed by atoms with Gasteiger partial charge >= 0.3 is 5.97 Å². The van der Waals surface area contributed by atoms with Gasteiger partial charge in [0.25, 0.3) is 5.91 Å². The molecule has 0 unspecified atom stereocenters. The first-order chi connectivity index (χ1) is 12.1. The standard InChI is InChI=1S/C17H18N4O3S/c1-3-24-17(23)16-20-11-4-5-21(8-13(11)25-16)14-9(2)6-10-12(19-14)7-18-15(10)22/h6H,3-5,7-8H2,1-2H3,(H,18,22). The van der Waals surface area contributed by atoms with Crippen LogP contribution in [-0.2, 0) is 24.2 Å². The zero-order valence-corrected chi connectivity index (χ0v) is 14.9. The van der Waals surface area contributed by atoms with Crippen LogP contribution in [0.25, 0.3) is 0 Å². The molecule has 4 rings (SSSR count). The second-order valence-electron chi connectivity index (χ2n) is 6.09. The van der Waals surface area contributed by atoms with Gasteiger partial charge in [-0.05, 0) is 25.5 Å². The number of aromatic nitrogens is 2. The molecule has 1 amide bonds. The van der Waals surface area contributed by atoms with Crippen LogP contribution in [0.3, 0.4) is 0 Å². The van der Waals surface area contributed by atoms with Gasteiger partial charge in [-0.2, -0.15) is 0 Å². The highest BCUT2D eigenvalue weighted by molar-refractivity contribution is 7.13. The zero-order chi connectivity index (χ0) is 17.6. The van der Waals surface area contributed by atoms with E-state index in [1.807, 2.05) is 13.0 Å². The molecule has 2 aliphatic heterocycles. The highest BCUT2D eigenvalue weighted by Gasteiger charge is 2.27. The van der Waals surface area contributed by atoms with Crippen molar-refractivity contribution in [2.24, 2.45) is 0 Å². The molecular formula is C17H18N4O3S. The molecule has 2 aliphatic rings. The summed E-state index contributed by atoms with van der Waals surface area (Å²) in [6, 6.07) is 1.91. The summed E-state index contributed by atoms with van der Waals surface area (Å²) in [5.41, 5.74) is 3.42. The minimum atomic E-state index is -0.357. The molecule has 8 heteroatoms. The molecule has 4 heterocycles. The monoisotopic (exact) mass is 358 g/mol. The minimum Gasteiger partial charge on any atom is -0.461 e. The van der Waals surface area contributed by atoms with E-state index < -0.39 is 0 Å². The van der Waals surface area contributed by atoms with Crippen LogP contribution < -0.4 is 10.2 Å². The van der Waals surface area contributed by atoms with Crippen molar-refractivity contribution in [1.29, 1.82) is 0 Å². The first kappa shape index (κ1) is 16.0. The Morgan fingerprint density at radius 3 is 3.04 bits per heavy atom. The SMILES string of the molecule is CCOC(=O)c1nc2c(s1)CN(c1nc3c(cc1C)C(=O)NC3)CC2. The Balaban J connectivity index is 1.61. The van der Waals surface area contributed by atoms with Gasteiger partial charge in [-0.3, -0.25) is 4.79 Å². The number of fused-ring (bicyclic) bond motifs is 2. The number of hydrogen-bond donors (Lipinski definition) is 1. The molecule has 0 atom stereocenters. The molecule has 0 saturated heterocycles. The van der Waals surface area contributed by atoms with Crippen molar-refractivity contribution in [3.63, 3.8) is 0 Å². The van der Waals surface area contributed by atoms with Crippen molar-refractivity contribution < 1.29 is 14.3 Å². The summed E-state index contributed by atoms with van der Waals surface area (Å²) in [6.07, 6.45) is 0.765. The molecule has 0 saturated carbocycles. The van der Waals surface area contributed by atoms with Gasteiger partial charge in [-0.25, -0.2) is 14.8 Å². The molecule has 7 nitrogen and oxygen atoms in total. The smallest absolute Gasteiger partial charge is 0.367 e. The maximum atomic E-state index is 11.9. The normalized spacial score (nSPS) is 15.6. The van der Waals surface area contributed by atoms with Crippen LogP contribution >= 0.6 is 11.3 Å². The molecule has 0 aliphatic carbocycles. The Morgan fingerprint density at radius 2 is 2.24 bits per heavy atom. The molecule has 0 radical (unpaired) electrons. The third kappa shape index (κ3) is 2.76. The molecular weight excluding hydrogens is 340 g/mol. The second kappa shape index (κ2) is 6.11. The van der Waals surface area contributed by atoms with Crippen LogP contribution in [0.1, 0.15) is 48.9 Å². The third-order valence-electron chi connectivity index (χ3n) is 4.41. The van der Waals surface area contributed by atoms with Crippen LogP contribution in [0.15, 0.2) is 6.07 Å². The number of pyridine rings is 1. The fraction of sp³-hybridized carbons (Fsp3) is 0.412. The summed E-state index contributed by atoms with van der Waals surface area (Å²) >= 11 is 1.39. The van der Waals surface area contributed by atoms with E-state index in [2.05, 4.69) is 15.2 Å². The van der Waals surface area contributed by atoms with Crippen molar-refractivity contribution in [2.75, 3.05) is 18.1 Å². The molecule has 0 aromatic carbocycles. The number of thiazole rings is 1. The summed E-state index contributed by atoms with van der Waals surface area (Å²) in [6.45, 7) is 6.04.